The van der Waals surface area contributed by atoms with Gasteiger partial charge < -0.3 is 29.9 Å². The van der Waals surface area contributed by atoms with Crippen molar-refractivity contribution < 1.29 is 78.4 Å². The molecule has 25 nitrogen and oxygen atoms in total. The van der Waals surface area contributed by atoms with Crippen molar-refractivity contribution in [2.45, 2.75) is 34.6 Å². The third-order valence-electron chi connectivity index (χ3n) is 9.14. The molecule has 0 saturated heterocycles. The summed E-state index contributed by atoms with van der Waals surface area (Å²) in [6.45, 7) is 1.40. The minimum Gasteiger partial charge on any atom is -0.505 e. The van der Waals surface area contributed by atoms with Gasteiger partial charge in [-0.05, 0) is 91.0 Å². The van der Waals surface area contributed by atoms with E-state index in [9.17, 15) is 68.9 Å². The smallest absolute Gasteiger partial charge is 0.355 e. The number of phenols is 1. The second-order valence-corrected chi connectivity index (χ2v) is 17.9. The lowest BCUT2D eigenvalue weighted by Gasteiger charge is -2.13. The number of anilines is 1. The van der Waals surface area contributed by atoms with Gasteiger partial charge in [0, 0.05) is 17.5 Å². The molecule has 346 valence electrons. The van der Waals surface area contributed by atoms with E-state index in [0.29, 0.717) is 10.6 Å². The highest BCUT2D eigenvalue weighted by molar-refractivity contribution is 7.86. The van der Waals surface area contributed by atoms with Crippen molar-refractivity contribution in [1.29, 1.82) is 0 Å². The monoisotopic (exact) mass is 970 g/mol. The number of rotatable bonds is 17. The van der Waals surface area contributed by atoms with Crippen LogP contribution in [0.3, 0.4) is 0 Å². The van der Waals surface area contributed by atoms with Crippen molar-refractivity contribution in [2.24, 2.45) is 35.8 Å². The van der Waals surface area contributed by atoms with Crippen molar-refractivity contribution in [2.75, 3.05) is 31.4 Å². The first kappa shape index (κ1) is 48.3. The molecular weight excluding hydrogens is 937 g/mol. The summed E-state index contributed by atoms with van der Waals surface area (Å²) in [5, 5.41) is 68.4. The lowest BCUT2D eigenvalue weighted by molar-refractivity contribution is -0.130. The lowest BCUT2D eigenvalue weighted by atomic mass is 10.1. The molecule has 0 spiro atoms. The van der Waals surface area contributed by atoms with Gasteiger partial charge in [0.1, 0.15) is 46.7 Å². The minimum absolute atomic E-state index is 0.0412. The molecule has 0 radical (unpaired) electrons. The van der Waals surface area contributed by atoms with Crippen LogP contribution in [0.15, 0.2) is 123 Å². The number of hydrazone groups is 1. The molecule has 0 fully saturated rings. The first-order valence-corrected chi connectivity index (χ1v) is 22.8. The van der Waals surface area contributed by atoms with Gasteiger partial charge >= 0.3 is 5.97 Å². The van der Waals surface area contributed by atoms with E-state index >= 15 is 0 Å². The Labute approximate surface area is 373 Å². The van der Waals surface area contributed by atoms with Crippen LogP contribution in [-0.4, -0.2) is 109 Å². The number of benzene rings is 5. The standard InChI is InChI=1S/C38H34N8O17S3/c1-19-14-31(65(56,57)58)20(2)13-26(19)40-41-27-17-30(63-12-10-48)28(18-29(27)62-11-9-47)42-43-33-32(66(59,60)61)16-21-15-22(3-8-25(21)36(33)49)39-44-34-35(38(51)52)45-46(37(34)50)23-4-6-24(7-5-23)64(53,54)55/h3-8,13-18,34,47-49H,9-12H2,1-2H3,(H,51,52)(H,53,54,55)(H,56,57,58)(H,59,60,61)/b41-40+,43-42+,44-39+. The number of hydrogen-bond donors (Lipinski definition) is 7. The van der Waals surface area contributed by atoms with Crippen LogP contribution in [0.2, 0.25) is 0 Å². The fourth-order valence-corrected chi connectivity index (χ4v) is 8.01. The van der Waals surface area contributed by atoms with Crippen LogP contribution < -0.4 is 14.5 Å². The molecule has 1 heterocycles. The fraction of sp³-hybridized carbons (Fsp3) is 0.184. The molecule has 0 bridgehead atoms. The maximum Gasteiger partial charge on any atom is 0.355 e. The molecule has 28 heteroatoms. The zero-order valence-electron chi connectivity index (χ0n) is 33.8. The summed E-state index contributed by atoms with van der Waals surface area (Å²) in [7, 11) is -14.3. The predicted octanol–water partition coefficient (Wildman–Crippen LogP) is 5.42. The number of amides is 1. The van der Waals surface area contributed by atoms with Gasteiger partial charge in [0.2, 0.25) is 6.04 Å². The number of carboxylic acids is 1. The highest BCUT2D eigenvalue weighted by atomic mass is 32.2. The molecule has 1 amide bonds. The average Bonchev–Trinajstić information content (AvgIpc) is 3.58. The molecule has 5 aromatic rings. The molecule has 1 unspecified atom stereocenters. The fourth-order valence-electron chi connectivity index (χ4n) is 6.08. The zero-order valence-corrected chi connectivity index (χ0v) is 36.3. The van der Waals surface area contributed by atoms with Crippen LogP contribution in [0.5, 0.6) is 17.2 Å². The third kappa shape index (κ3) is 10.7. The maximum atomic E-state index is 13.2. The number of aliphatic carboxylic acids is 1. The van der Waals surface area contributed by atoms with E-state index in [0.717, 1.165) is 30.3 Å². The van der Waals surface area contributed by atoms with Gasteiger partial charge in [0.25, 0.3) is 36.3 Å². The molecule has 0 aromatic heterocycles. The highest BCUT2D eigenvalue weighted by Crippen LogP contribution is 2.45. The number of azo groups is 3. The van der Waals surface area contributed by atoms with Crippen LogP contribution in [0.1, 0.15) is 11.1 Å². The number of aliphatic hydroxyl groups is 2. The molecule has 0 saturated carbocycles. The minimum atomic E-state index is -5.20. The Balaban J connectivity index is 1.36. The Morgan fingerprint density at radius 2 is 1.27 bits per heavy atom. The SMILES string of the molecule is Cc1cc(S(=O)(=O)O)c(C)cc1/N=N/c1cc(OCCO)c(/N=N/c2c(S(=O)(=O)O)cc3cc(/N=N/C4C(=O)N(c5ccc(S(=O)(=O)O)cc5)N=C4C(=O)O)ccc3c2O)cc1OCCO. The molecule has 1 aliphatic heterocycles. The summed E-state index contributed by atoms with van der Waals surface area (Å²) >= 11 is 0. The molecule has 7 N–H and O–H groups in total. The molecule has 5 aromatic carbocycles. The van der Waals surface area contributed by atoms with E-state index < -0.39 is 88.4 Å². The van der Waals surface area contributed by atoms with Crippen LogP contribution in [0.25, 0.3) is 10.8 Å². The number of aromatic hydroxyl groups is 1. The number of hydrogen-bond acceptors (Lipinski definition) is 20. The van der Waals surface area contributed by atoms with Crippen molar-refractivity contribution in [1.82, 2.24) is 0 Å². The molecular formula is C38H34N8O17S3. The van der Waals surface area contributed by atoms with Crippen LogP contribution in [-0.2, 0) is 39.9 Å². The quantitative estimate of drug-likeness (QED) is 0.0452. The average molecular weight is 971 g/mol. The second-order valence-electron chi connectivity index (χ2n) is 13.7. The first-order chi connectivity index (χ1) is 31.0. The Morgan fingerprint density at radius 3 is 1.82 bits per heavy atom. The van der Waals surface area contributed by atoms with E-state index in [4.69, 9.17) is 9.47 Å². The summed E-state index contributed by atoms with van der Waals surface area (Å²) in [4.78, 5) is 23.4. The van der Waals surface area contributed by atoms with E-state index in [-0.39, 0.29) is 74.4 Å². The van der Waals surface area contributed by atoms with Crippen molar-refractivity contribution in [3.63, 3.8) is 0 Å². The summed E-state index contributed by atoms with van der Waals surface area (Å²) in [5.74, 6) is -3.72. The third-order valence-corrected chi connectivity index (χ3v) is 11.9. The molecule has 66 heavy (non-hydrogen) atoms. The summed E-state index contributed by atoms with van der Waals surface area (Å²) in [6, 6.07) is 11.8. The Hall–Kier alpha value is -7.18. The van der Waals surface area contributed by atoms with E-state index in [1.54, 1.807) is 0 Å². The second kappa shape index (κ2) is 19.1. The van der Waals surface area contributed by atoms with Crippen molar-refractivity contribution in [3.05, 3.63) is 83.9 Å². The highest BCUT2D eigenvalue weighted by Gasteiger charge is 2.41. The number of fused-ring (bicyclic) bond motifs is 1. The van der Waals surface area contributed by atoms with Gasteiger partial charge in [-0.3, -0.25) is 18.5 Å². The molecule has 6 rings (SSSR count). The van der Waals surface area contributed by atoms with E-state index in [1.807, 2.05) is 0 Å². The topological polar surface area (TPSA) is 386 Å². The van der Waals surface area contributed by atoms with Crippen LogP contribution >= 0.6 is 0 Å². The van der Waals surface area contributed by atoms with Gasteiger partial charge in [-0.15, -0.1) is 15.3 Å². The Morgan fingerprint density at radius 1 is 0.697 bits per heavy atom. The first-order valence-electron chi connectivity index (χ1n) is 18.5. The summed E-state index contributed by atoms with van der Waals surface area (Å²) < 4.78 is 112. The lowest BCUT2D eigenvalue weighted by Crippen LogP contribution is -2.33. The maximum absolute atomic E-state index is 13.2. The van der Waals surface area contributed by atoms with Gasteiger partial charge in [0.05, 0.1) is 40.1 Å². The van der Waals surface area contributed by atoms with Gasteiger partial charge in [-0.1, -0.05) is 0 Å². The molecule has 0 aliphatic carbocycles. The molecule has 1 atom stereocenters. The van der Waals surface area contributed by atoms with Gasteiger partial charge in [-0.2, -0.15) is 50.7 Å². The number of aryl methyl sites for hydroxylation is 2. The number of carbonyl (C=O) groups is 2. The Bertz CT molecular complexity index is 3250. The number of carbonyl (C=O) groups excluding carboxylic acids is 1. The number of aliphatic hydroxyl groups excluding tert-OH is 2. The summed E-state index contributed by atoms with van der Waals surface area (Å²) in [5.41, 5.74) is -1.30. The largest absolute Gasteiger partial charge is 0.505 e. The summed E-state index contributed by atoms with van der Waals surface area (Å²) in [6.07, 6.45) is 0. The predicted molar refractivity (Wildman–Crippen MR) is 228 cm³/mol. The molecule has 1 aliphatic rings. The number of ether oxygens (including phenoxy) is 2. The number of nitrogens with zero attached hydrogens (tertiary/aromatic N) is 8. The zero-order chi connectivity index (χ0) is 48.3. The normalized spacial score (nSPS) is 14.8. The number of phenolic OH excluding ortho intramolecular Hbond substituents is 1. The van der Waals surface area contributed by atoms with Gasteiger partial charge in [0.15, 0.2) is 11.5 Å². The Kier molecular flexibility index (Phi) is 14.0. The van der Waals surface area contributed by atoms with Crippen LogP contribution in [0, 0.1) is 13.8 Å². The van der Waals surface area contributed by atoms with Gasteiger partial charge in [-0.25, -0.2) is 4.79 Å². The number of carboxylic acid groups (broad SMARTS) is 1. The van der Waals surface area contributed by atoms with Crippen molar-refractivity contribution >= 4 is 92.8 Å². The van der Waals surface area contributed by atoms with E-state index in [2.05, 4.69) is 35.8 Å². The van der Waals surface area contributed by atoms with Crippen LogP contribution in [0.4, 0.5) is 34.1 Å². The van der Waals surface area contributed by atoms with Crippen molar-refractivity contribution in [3.8, 4) is 17.2 Å². The van der Waals surface area contributed by atoms with E-state index in [1.165, 1.54) is 56.3 Å².